The Morgan fingerprint density at radius 3 is 2.47 bits per heavy atom. The van der Waals surface area contributed by atoms with Crippen LogP contribution < -0.4 is 0 Å². The van der Waals surface area contributed by atoms with E-state index in [1.165, 1.54) is 12.1 Å². The van der Waals surface area contributed by atoms with Crippen molar-refractivity contribution in [3.05, 3.63) is 54.4 Å². The molecule has 1 atom stereocenters. The summed E-state index contributed by atoms with van der Waals surface area (Å²) in [5.41, 5.74) is 0.590. The number of aliphatic hydroxyl groups excluding tert-OH is 1. The van der Waals surface area contributed by atoms with Gasteiger partial charge in [0, 0.05) is 15.6 Å². The fourth-order valence-electron chi connectivity index (χ4n) is 1.43. The minimum absolute atomic E-state index is 0.171. The van der Waals surface area contributed by atoms with Gasteiger partial charge in [-0.05, 0) is 18.2 Å². The van der Waals surface area contributed by atoms with Crippen LogP contribution in [0.3, 0.4) is 0 Å². The van der Waals surface area contributed by atoms with E-state index >= 15 is 0 Å². The molecule has 0 saturated heterocycles. The minimum atomic E-state index is -1.11. The predicted octanol–water partition coefficient (Wildman–Crippen LogP) is 5.04. The van der Waals surface area contributed by atoms with Gasteiger partial charge in [-0.25, -0.2) is 4.39 Å². The molecule has 17 heavy (non-hydrogen) atoms. The van der Waals surface area contributed by atoms with E-state index in [0.717, 1.165) is 11.3 Å². The Labute approximate surface area is 120 Å². The molecule has 0 spiro atoms. The maximum atomic E-state index is 13.7. The zero-order valence-electron chi connectivity index (χ0n) is 8.25. The molecule has 0 amide bonds. The van der Waals surface area contributed by atoms with Gasteiger partial charge in [0.05, 0.1) is 4.34 Å². The summed E-state index contributed by atoms with van der Waals surface area (Å²) in [4.78, 5) is 0. The van der Waals surface area contributed by atoms with Crippen LogP contribution >= 0.6 is 50.5 Å². The number of halogens is 4. The smallest absolute Gasteiger partial charge is 0.130 e. The largest absolute Gasteiger partial charge is 0.383 e. The van der Waals surface area contributed by atoms with Crippen LogP contribution in [0.15, 0.2) is 28.7 Å². The molecule has 0 fully saturated rings. The number of hydrogen-bond acceptors (Lipinski definition) is 2. The molecule has 2 aromatic rings. The van der Waals surface area contributed by atoms with Crippen molar-refractivity contribution < 1.29 is 9.50 Å². The summed E-state index contributed by atoms with van der Waals surface area (Å²) < 4.78 is 15.1. The molecule has 1 heterocycles. The average Bonchev–Trinajstić information content (AvgIpc) is 2.57. The molecule has 0 aliphatic rings. The third-order valence-electron chi connectivity index (χ3n) is 2.23. The zero-order valence-corrected chi connectivity index (χ0v) is 12.2. The van der Waals surface area contributed by atoms with Gasteiger partial charge in [0.25, 0.3) is 0 Å². The molecule has 0 bridgehead atoms. The second-order valence-corrected chi connectivity index (χ2v) is 6.55. The summed E-state index contributed by atoms with van der Waals surface area (Å²) in [6, 6.07) is 6.00. The quantitative estimate of drug-likeness (QED) is 0.800. The lowest BCUT2D eigenvalue weighted by Gasteiger charge is -2.11. The van der Waals surface area contributed by atoms with Crippen molar-refractivity contribution in [2.75, 3.05) is 0 Å². The van der Waals surface area contributed by atoms with Crippen LogP contribution in [0.4, 0.5) is 4.39 Å². The molecule has 2 rings (SSSR count). The lowest BCUT2D eigenvalue weighted by atomic mass is 10.0. The lowest BCUT2D eigenvalue weighted by molar-refractivity contribution is 0.215. The van der Waals surface area contributed by atoms with Crippen molar-refractivity contribution >= 4 is 50.5 Å². The van der Waals surface area contributed by atoms with Crippen molar-refractivity contribution in [3.63, 3.8) is 0 Å². The zero-order chi connectivity index (χ0) is 12.6. The first-order valence-electron chi connectivity index (χ1n) is 4.57. The first-order chi connectivity index (χ1) is 7.99. The molecular formula is C11H6BrCl2FOS. The second kappa shape index (κ2) is 5.24. The highest BCUT2D eigenvalue weighted by atomic mass is 79.9. The fourth-order valence-corrected chi connectivity index (χ4v) is 3.28. The third-order valence-corrected chi connectivity index (χ3v) is 4.25. The van der Waals surface area contributed by atoms with Crippen molar-refractivity contribution in [2.45, 2.75) is 6.10 Å². The predicted molar refractivity (Wildman–Crippen MR) is 72.5 cm³/mol. The van der Waals surface area contributed by atoms with E-state index in [0.29, 0.717) is 18.7 Å². The molecule has 1 unspecified atom stereocenters. The van der Waals surface area contributed by atoms with Gasteiger partial charge in [-0.2, -0.15) is 0 Å². The summed E-state index contributed by atoms with van der Waals surface area (Å²) in [7, 11) is 0. The molecule has 0 saturated carbocycles. The highest BCUT2D eigenvalue weighted by molar-refractivity contribution is 9.10. The van der Waals surface area contributed by atoms with Gasteiger partial charge < -0.3 is 5.11 Å². The molecule has 1 N–H and O–H groups in total. The van der Waals surface area contributed by atoms with Crippen LogP contribution in [0, 0.1) is 5.82 Å². The summed E-state index contributed by atoms with van der Waals surface area (Å²) in [6.45, 7) is 0. The number of benzene rings is 1. The number of hydrogen-bond donors (Lipinski definition) is 1. The fraction of sp³-hybridized carbons (Fsp3) is 0.0909. The average molecular weight is 356 g/mol. The van der Waals surface area contributed by atoms with E-state index in [-0.39, 0.29) is 5.56 Å². The molecule has 0 aliphatic carbocycles. The van der Waals surface area contributed by atoms with Gasteiger partial charge in [-0.3, -0.25) is 0 Å². The Balaban J connectivity index is 2.43. The Morgan fingerprint density at radius 2 is 1.94 bits per heavy atom. The van der Waals surface area contributed by atoms with Gasteiger partial charge in [-0.1, -0.05) is 45.2 Å². The molecular weight excluding hydrogens is 350 g/mol. The second-order valence-electron chi connectivity index (χ2n) is 3.35. The standard InChI is InChI=1S/C11H6BrCl2FOS/c12-5-1-2-6(8(15)3-5)10(16)7-4-9(13)17-11(7)14/h1-4,10,16H. The van der Waals surface area contributed by atoms with E-state index in [1.807, 2.05) is 0 Å². The van der Waals surface area contributed by atoms with Crippen LogP contribution in [0.25, 0.3) is 0 Å². The summed E-state index contributed by atoms with van der Waals surface area (Å²) in [5.74, 6) is -0.495. The van der Waals surface area contributed by atoms with Crippen LogP contribution in [0.5, 0.6) is 0 Å². The number of thiophene rings is 1. The summed E-state index contributed by atoms with van der Waals surface area (Å²) in [6.07, 6.45) is -1.11. The summed E-state index contributed by atoms with van der Waals surface area (Å²) in [5, 5.41) is 10.1. The van der Waals surface area contributed by atoms with Crippen LogP contribution in [-0.2, 0) is 0 Å². The molecule has 0 radical (unpaired) electrons. The van der Waals surface area contributed by atoms with Gasteiger partial charge in [-0.15, -0.1) is 11.3 Å². The Hall–Kier alpha value is -0.130. The maximum Gasteiger partial charge on any atom is 0.130 e. The highest BCUT2D eigenvalue weighted by Crippen LogP contribution is 2.38. The Kier molecular flexibility index (Phi) is 4.10. The maximum absolute atomic E-state index is 13.7. The third kappa shape index (κ3) is 2.83. The van der Waals surface area contributed by atoms with Crippen molar-refractivity contribution in [2.24, 2.45) is 0 Å². The number of aliphatic hydroxyl groups is 1. The van der Waals surface area contributed by atoms with E-state index in [2.05, 4.69) is 15.9 Å². The molecule has 1 aromatic heterocycles. The van der Waals surface area contributed by atoms with Gasteiger partial charge >= 0.3 is 0 Å². The molecule has 0 aliphatic heterocycles. The molecule has 6 heteroatoms. The van der Waals surface area contributed by atoms with Gasteiger partial charge in [0.1, 0.15) is 16.3 Å². The van der Waals surface area contributed by atoms with E-state index in [9.17, 15) is 9.50 Å². The normalized spacial score (nSPS) is 12.8. The Bertz CT molecular complexity index is 558. The monoisotopic (exact) mass is 354 g/mol. The first-order valence-corrected chi connectivity index (χ1v) is 6.93. The van der Waals surface area contributed by atoms with Crippen LogP contribution in [-0.4, -0.2) is 5.11 Å². The van der Waals surface area contributed by atoms with Crippen molar-refractivity contribution in [3.8, 4) is 0 Å². The minimum Gasteiger partial charge on any atom is -0.383 e. The van der Waals surface area contributed by atoms with Crippen LogP contribution in [0.1, 0.15) is 17.2 Å². The van der Waals surface area contributed by atoms with E-state index < -0.39 is 11.9 Å². The van der Waals surface area contributed by atoms with Crippen molar-refractivity contribution in [1.29, 1.82) is 0 Å². The molecule has 90 valence electrons. The summed E-state index contributed by atoms with van der Waals surface area (Å²) >= 11 is 16.0. The lowest BCUT2D eigenvalue weighted by Crippen LogP contribution is -2.01. The van der Waals surface area contributed by atoms with E-state index in [4.69, 9.17) is 23.2 Å². The van der Waals surface area contributed by atoms with Crippen LogP contribution in [0.2, 0.25) is 8.67 Å². The van der Waals surface area contributed by atoms with Crippen molar-refractivity contribution in [1.82, 2.24) is 0 Å². The molecule has 1 aromatic carbocycles. The first kappa shape index (κ1) is 13.3. The Morgan fingerprint density at radius 1 is 1.24 bits per heavy atom. The number of rotatable bonds is 2. The topological polar surface area (TPSA) is 20.2 Å². The van der Waals surface area contributed by atoms with Gasteiger partial charge in [0.2, 0.25) is 0 Å². The SMILES string of the molecule is OC(c1ccc(Br)cc1F)c1cc(Cl)sc1Cl. The highest BCUT2D eigenvalue weighted by Gasteiger charge is 2.20. The van der Waals surface area contributed by atoms with E-state index in [1.54, 1.807) is 12.1 Å². The molecule has 1 nitrogen and oxygen atoms in total. The van der Waals surface area contributed by atoms with Gasteiger partial charge in [0.15, 0.2) is 0 Å².